The van der Waals surface area contributed by atoms with Gasteiger partial charge in [-0.05, 0) is 22.1 Å². The fourth-order valence-corrected chi connectivity index (χ4v) is 2.73. The average molecular weight is 290 g/mol. The van der Waals surface area contributed by atoms with Crippen molar-refractivity contribution in [3.63, 3.8) is 0 Å². The minimum absolute atomic E-state index is 0.106. The fourth-order valence-electron chi connectivity index (χ4n) is 2.73. The quantitative estimate of drug-likeness (QED) is 0.614. The largest absolute Gasteiger partial charge is 0.478 e. The van der Waals surface area contributed by atoms with Gasteiger partial charge in [-0.3, -0.25) is 0 Å². The number of rotatable bonds is 2. The summed E-state index contributed by atoms with van der Waals surface area (Å²) in [5, 5.41) is 21.9. The van der Waals surface area contributed by atoms with Crippen LogP contribution in [0.3, 0.4) is 0 Å². The number of tetrazole rings is 1. The number of hydrogen-bond acceptors (Lipinski definition) is 4. The number of pyridine rings is 1. The average Bonchev–Trinajstić information content (AvgIpc) is 3.03. The van der Waals surface area contributed by atoms with Crippen LogP contribution in [0.1, 0.15) is 10.4 Å². The molecule has 0 fully saturated rings. The Kier molecular flexibility index (Phi) is 2.62. The molecule has 0 bridgehead atoms. The Morgan fingerprint density at radius 2 is 1.73 bits per heavy atom. The van der Waals surface area contributed by atoms with E-state index in [1.165, 1.54) is 4.52 Å². The van der Waals surface area contributed by atoms with Gasteiger partial charge in [0.25, 0.3) is 0 Å². The summed E-state index contributed by atoms with van der Waals surface area (Å²) < 4.78 is 1.46. The number of benzene rings is 2. The maximum absolute atomic E-state index is 11.8. The highest BCUT2D eigenvalue weighted by Crippen LogP contribution is 2.33. The van der Waals surface area contributed by atoms with Crippen LogP contribution in [0, 0.1) is 0 Å². The normalized spacial score (nSPS) is 11.1. The predicted molar refractivity (Wildman–Crippen MR) is 80.7 cm³/mol. The van der Waals surface area contributed by atoms with Gasteiger partial charge in [0, 0.05) is 10.9 Å². The zero-order valence-corrected chi connectivity index (χ0v) is 11.3. The summed E-state index contributed by atoms with van der Waals surface area (Å²) in [6, 6.07) is 16.9. The van der Waals surface area contributed by atoms with Gasteiger partial charge in [0.15, 0.2) is 5.65 Å². The van der Waals surface area contributed by atoms with E-state index in [0.717, 1.165) is 16.5 Å². The molecule has 0 saturated carbocycles. The van der Waals surface area contributed by atoms with Gasteiger partial charge in [0.05, 0.1) is 5.52 Å². The molecule has 0 saturated heterocycles. The Morgan fingerprint density at radius 3 is 2.50 bits per heavy atom. The van der Waals surface area contributed by atoms with Crippen molar-refractivity contribution >= 4 is 22.5 Å². The lowest BCUT2D eigenvalue weighted by atomic mass is 9.96. The van der Waals surface area contributed by atoms with E-state index in [-0.39, 0.29) is 11.2 Å². The molecule has 0 spiro atoms. The number of fused-ring (bicyclic) bond motifs is 3. The van der Waals surface area contributed by atoms with Gasteiger partial charge in [-0.2, -0.15) is 4.52 Å². The number of aromatic nitrogens is 4. The number of para-hydroxylation sites is 1. The molecule has 6 heteroatoms. The Morgan fingerprint density at radius 1 is 1.00 bits per heavy atom. The summed E-state index contributed by atoms with van der Waals surface area (Å²) in [4.78, 5) is 11.8. The van der Waals surface area contributed by atoms with E-state index in [1.807, 2.05) is 54.6 Å². The third-order valence-corrected chi connectivity index (χ3v) is 3.62. The molecule has 4 aromatic rings. The summed E-state index contributed by atoms with van der Waals surface area (Å²) in [6.07, 6.45) is 0. The highest BCUT2D eigenvalue weighted by molar-refractivity contribution is 6.11. The van der Waals surface area contributed by atoms with Crippen LogP contribution in [-0.4, -0.2) is 31.1 Å². The van der Waals surface area contributed by atoms with Crippen LogP contribution in [-0.2, 0) is 0 Å². The molecule has 0 aliphatic heterocycles. The van der Waals surface area contributed by atoms with E-state index in [9.17, 15) is 9.90 Å². The number of carbonyl (C=O) groups is 1. The van der Waals surface area contributed by atoms with Crippen LogP contribution in [0.15, 0.2) is 54.6 Å². The highest BCUT2D eigenvalue weighted by Gasteiger charge is 2.22. The van der Waals surface area contributed by atoms with Gasteiger partial charge >= 0.3 is 5.97 Å². The number of hydrogen-bond donors (Lipinski definition) is 1. The first-order valence-corrected chi connectivity index (χ1v) is 6.69. The van der Waals surface area contributed by atoms with Gasteiger partial charge in [0.1, 0.15) is 5.56 Å². The van der Waals surface area contributed by atoms with Crippen LogP contribution >= 0.6 is 0 Å². The van der Waals surface area contributed by atoms with E-state index >= 15 is 0 Å². The summed E-state index contributed by atoms with van der Waals surface area (Å²) in [5.74, 6) is -1.05. The molecule has 0 unspecified atom stereocenters. The summed E-state index contributed by atoms with van der Waals surface area (Å²) in [6.45, 7) is 0. The van der Waals surface area contributed by atoms with E-state index in [2.05, 4.69) is 15.5 Å². The molecule has 0 aliphatic carbocycles. The van der Waals surface area contributed by atoms with E-state index < -0.39 is 5.97 Å². The smallest absolute Gasteiger partial charge is 0.340 e. The van der Waals surface area contributed by atoms with Crippen molar-refractivity contribution in [2.45, 2.75) is 0 Å². The molecule has 106 valence electrons. The molecule has 6 nitrogen and oxygen atoms in total. The second-order valence-corrected chi connectivity index (χ2v) is 4.85. The molecule has 0 aliphatic rings. The second-order valence-electron chi connectivity index (χ2n) is 4.85. The van der Waals surface area contributed by atoms with E-state index in [1.54, 1.807) is 0 Å². The Balaban J connectivity index is 2.29. The number of carboxylic acid groups (broad SMARTS) is 1. The SMILES string of the molecule is O=C(O)c1c(-c2ccccc2)c2ccccc2n2nnnc12. The lowest BCUT2D eigenvalue weighted by Crippen LogP contribution is -2.06. The lowest BCUT2D eigenvalue weighted by Gasteiger charge is -2.12. The lowest BCUT2D eigenvalue weighted by molar-refractivity contribution is 0.0699. The first kappa shape index (κ1) is 12.5. The monoisotopic (exact) mass is 290 g/mol. The number of carboxylic acids is 1. The van der Waals surface area contributed by atoms with Crippen molar-refractivity contribution in [2.75, 3.05) is 0 Å². The van der Waals surface area contributed by atoms with Gasteiger partial charge < -0.3 is 5.11 Å². The Bertz CT molecular complexity index is 1010. The minimum atomic E-state index is -1.05. The molecule has 2 heterocycles. The van der Waals surface area contributed by atoms with Crippen LogP contribution in [0.5, 0.6) is 0 Å². The summed E-state index contributed by atoms with van der Waals surface area (Å²) in [5.41, 5.74) is 2.57. The number of nitrogens with zero attached hydrogens (tertiary/aromatic N) is 4. The second kappa shape index (κ2) is 4.63. The van der Waals surface area contributed by atoms with Gasteiger partial charge in [0.2, 0.25) is 0 Å². The zero-order chi connectivity index (χ0) is 15.1. The Hall–Kier alpha value is -3.28. The molecule has 2 aromatic carbocycles. The first-order chi connectivity index (χ1) is 10.8. The maximum Gasteiger partial charge on any atom is 0.340 e. The molecule has 1 N–H and O–H groups in total. The first-order valence-electron chi connectivity index (χ1n) is 6.69. The van der Waals surface area contributed by atoms with E-state index in [0.29, 0.717) is 5.56 Å². The third kappa shape index (κ3) is 1.67. The summed E-state index contributed by atoms with van der Waals surface area (Å²) in [7, 11) is 0. The maximum atomic E-state index is 11.8. The van der Waals surface area contributed by atoms with Gasteiger partial charge in [-0.1, -0.05) is 48.5 Å². The predicted octanol–water partition coefficient (Wildman–Crippen LogP) is 2.64. The minimum Gasteiger partial charge on any atom is -0.478 e. The van der Waals surface area contributed by atoms with Crippen LogP contribution in [0.4, 0.5) is 0 Å². The van der Waals surface area contributed by atoms with Crippen LogP contribution < -0.4 is 0 Å². The molecular formula is C16H10N4O2. The van der Waals surface area contributed by atoms with Crippen molar-refractivity contribution in [1.82, 2.24) is 20.0 Å². The molecule has 0 amide bonds. The third-order valence-electron chi connectivity index (χ3n) is 3.62. The van der Waals surface area contributed by atoms with Gasteiger partial charge in [-0.15, -0.1) is 5.10 Å². The summed E-state index contributed by atoms with van der Waals surface area (Å²) >= 11 is 0. The molecular weight excluding hydrogens is 280 g/mol. The molecule has 4 rings (SSSR count). The van der Waals surface area contributed by atoms with Crippen molar-refractivity contribution < 1.29 is 9.90 Å². The van der Waals surface area contributed by atoms with Crippen molar-refractivity contribution in [3.8, 4) is 11.1 Å². The number of aromatic carboxylic acids is 1. The van der Waals surface area contributed by atoms with Crippen molar-refractivity contribution in [1.29, 1.82) is 0 Å². The molecule has 2 aromatic heterocycles. The topological polar surface area (TPSA) is 80.4 Å². The zero-order valence-electron chi connectivity index (χ0n) is 11.3. The van der Waals surface area contributed by atoms with Gasteiger partial charge in [-0.25, -0.2) is 4.79 Å². The molecule has 0 atom stereocenters. The fraction of sp³-hybridized carbons (Fsp3) is 0. The highest BCUT2D eigenvalue weighted by atomic mass is 16.4. The Labute approximate surface area is 124 Å². The van der Waals surface area contributed by atoms with Crippen LogP contribution in [0.2, 0.25) is 0 Å². The van der Waals surface area contributed by atoms with Crippen molar-refractivity contribution in [2.24, 2.45) is 0 Å². The van der Waals surface area contributed by atoms with Crippen molar-refractivity contribution in [3.05, 3.63) is 60.2 Å². The standard InChI is InChI=1S/C16H10N4O2/c21-16(22)14-13(10-6-2-1-3-7-10)11-8-4-5-9-12(11)20-15(14)17-18-19-20/h1-9H,(H,21,22). The molecule has 22 heavy (non-hydrogen) atoms. The van der Waals surface area contributed by atoms with Crippen LogP contribution in [0.25, 0.3) is 27.7 Å². The molecule has 0 radical (unpaired) electrons. The van der Waals surface area contributed by atoms with E-state index in [4.69, 9.17) is 0 Å².